The van der Waals surface area contributed by atoms with Crippen molar-refractivity contribution in [2.75, 3.05) is 36.5 Å². The Kier molecular flexibility index (Phi) is 4.84. The van der Waals surface area contributed by atoms with Gasteiger partial charge in [-0.05, 0) is 42.8 Å². The summed E-state index contributed by atoms with van der Waals surface area (Å²) in [5.74, 6) is 3.11. The number of hydrogen-bond acceptors (Lipinski definition) is 9. The summed E-state index contributed by atoms with van der Waals surface area (Å²) < 4.78 is 13.9. The number of nitrogens with zero attached hydrogens (tertiary/aromatic N) is 6. The van der Waals surface area contributed by atoms with Crippen LogP contribution < -0.4 is 25.0 Å². The van der Waals surface area contributed by atoms with E-state index in [0.29, 0.717) is 18.4 Å². The summed E-state index contributed by atoms with van der Waals surface area (Å²) in [5, 5.41) is 12.1. The highest BCUT2D eigenvalue weighted by molar-refractivity contribution is 5.95. The fourth-order valence-electron chi connectivity index (χ4n) is 4.85. The molecule has 0 radical (unpaired) electrons. The molecule has 0 amide bonds. The molecule has 36 heavy (non-hydrogen) atoms. The molecule has 3 aromatic heterocycles. The lowest BCUT2D eigenvalue weighted by molar-refractivity contribution is 0.271. The first-order valence-electron chi connectivity index (χ1n) is 11.9. The predicted octanol–water partition coefficient (Wildman–Crippen LogP) is 3.69. The van der Waals surface area contributed by atoms with Gasteiger partial charge in [0.15, 0.2) is 5.65 Å². The summed E-state index contributed by atoms with van der Waals surface area (Å²) in [5.41, 5.74) is 4.58. The zero-order valence-electron chi connectivity index (χ0n) is 19.7. The SMILES string of the molecule is Cc1cc(Nc2ncnc3cc4c(cc23)N2CCN[C@@H](CO4)C2)ccc1Oc1ccn2ncnc2c1. The van der Waals surface area contributed by atoms with Crippen molar-refractivity contribution in [3.8, 4) is 17.2 Å². The standard InChI is InChI=1S/C26H24N8O2/c1-16-8-17(2-3-23(16)36-19-4-6-34-25(9-19)29-15-31-34)32-26-20-10-22-24(11-21(20)28-14-30-26)35-13-18-12-33(22)7-5-27-18/h2-4,6,8-11,14-15,18,27H,5,7,12-13H2,1H3,(H,28,30,32)/t18-/m1/s1. The maximum atomic E-state index is 6.12. The molecule has 0 aliphatic carbocycles. The molecule has 0 saturated carbocycles. The van der Waals surface area contributed by atoms with Gasteiger partial charge >= 0.3 is 0 Å². The fourth-order valence-corrected chi connectivity index (χ4v) is 4.85. The van der Waals surface area contributed by atoms with Crippen molar-refractivity contribution in [1.29, 1.82) is 0 Å². The molecule has 5 aromatic rings. The molecule has 180 valence electrons. The molecule has 1 fully saturated rings. The van der Waals surface area contributed by atoms with Crippen LogP contribution in [0.3, 0.4) is 0 Å². The van der Waals surface area contributed by atoms with Gasteiger partial charge in [0.25, 0.3) is 0 Å². The molecule has 10 nitrogen and oxygen atoms in total. The summed E-state index contributed by atoms with van der Waals surface area (Å²) in [6.07, 6.45) is 4.93. The van der Waals surface area contributed by atoms with Gasteiger partial charge in [-0.2, -0.15) is 5.10 Å². The van der Waals surface area contributed by atoms with Crippen LogP contribution in [0.1, 0.15) is 5.56 Å². The van der Waals surface area contributed by atoms with Crippen LogP contribution in [0.4, 0.5) is 17.2 Å². The third-order valence-corrected chi connectivity index (χ3v) is 6.67. The number of nitrogens with one attached hydrogen (secondary N) is 2. The number of aromatic nitrogens is 5. The molecule has 5 heterocycles. The fraction of sp³-hybridized carbons (Fsp3) is 0.231. The summed E-state index contributed by atoms with van der Waals surface area (Å²) in [7, 11) is 0. The van der Waals surface area contributed by atoms with E-state index in [1.54, 1.807) is 10.8 Å². The lowest BCUT2D eigenvalue weighted by Crippen LogP contribution is -2.51. The van der Waals surface area contributed by atoms with E-state index in [9.17, 15) is 0 Å². The van der Waals surface area contributed by atoms with E-state index >= 15 is 0 Å². The van der Waals surface area contributed by atoms with Gasteiger partial charge in [-0.1, -0.05) is 0 Å². The van der Waals surface area contributed by atoms with Gasteiger partial charge in [0.1, 0.15) is 42.3 Å². The third kappa shape index (κ3) is 3.72. The smallest absolute Gasteiger partial charge is 0.158 e. The Morgan fingerprint density at radius 3 is 3.00 bits per heavy atom. The monoisotopic (exact) mass is 480 g/mol. The number of benzene rings is 2. The van der Waals surface area contributed by atoms with Crippen LogP contribution in [-0.2, 0) is 0 Å². The molecule has 2 N–H and O–H groups in total. The third-order valence-electron chi connectivity index (χ3n) is 6.67. The highest BCUT2D eigenvalue weighted by atomic mass is 16.5. The molecule has 2 aromatic carbocycles. The number of pyridine rings is 1. The van der Waals surface area contributed by atoms with Gasteiger partial charge in [0, 0.05) is 49.0 Å². The van der Waals surface area contributed by atoms with E-state index in [4.69, 9.17) is 9.47 Å². The molecule has 2 aliphatic heterocycles. The molecule has 0 spiro atoms. The first kappa shape index (κ1) is 20.9. The Hall–Kier alpha value is -4.44. The van der Waals surface area contributed by atoms with E-state index in [1.807, 2.05) is 49.5 Å². The zero-order chi connectivity index (χ0) is 24.1. The Morgan fingerprint density at radius 1 is 1.08 bits per heavy atom. The van der Waals surface area contributed by atoms with Crippen LogP contribution >= 0.6 is 0 Å². The minimum Gasteiger partial charge on any atom is -0.490 e. The molecule has 1 saturated heterocycles. The predicted molar refractivity (Wildman–Crippen MR) is 137 cm³/mol. The Morgan fingerprint density at radius 2 is 2.06 bits per heavy atom. The molecular weight excluding hydrogens is 456 g/mol. The maximum absolute atomic E-state index is 6.12. The van der Waals surface area contributed by atoms with Crippen LogP contribution in [-0.4, -0.2) is 56.8 Å². The van der Waals surface area contributed by atoms with Gasteiger partial charge in [-0.15, -0.1) is 0 Å². The van der Waals surface area contributed by atoms with E-state index in [1.165, 1.54) is 6.33 Å². The lowest BCUT2D eigenvalue weighted by Gasteiger charge is -2.32. The largest absolute Gasteiger partial charge is 0.490 e. The molecule has 2 aliphatic rings. The number of aryl methyl sites for hydroxylation is 1. The van der Waals surface area contributed by atoms with Gasteiger partial charge in [-0.3, -0.25) is 0 Å². The van der Waals surface area contributed by atoms with Crippen molar-refractivity contribution in [3.63, 3.8) is 0 Å². The summed E-state index contributed by atoms with van der Waals surface area (Å²) in [4.78, 5) is 15.7. The summed E-state index contributed by atoms with van der Waals surface area (Å²) >= 11 is 0. The number of hydrogen-bond donors (Lipinski definition) is 2. The number of rotatable bonds is 4. The number of ether oxygens (including phenoxy) is 2. The highest BCUT2D eigenvalue weighted by Crippen LogP contribution is 2.38. The van der Waals surface area contributed by atoms with E-state index in [-0.39, 0.29) is 0 Å². The van der Waals surface area contributed by atoms with Crippen molar-refractivity contribution in [2.24, 2.45) is 0 Å². The number of fused-ring (bicyclic) bond motifs is 6. The molecule has 1 atom stereocenters. The second-order valence-electron chi connectivity index (χ2n) is 9.10. The van der Waals surface area contributed by atoms with E-state index in [0.717, 1.165) is 70.4 Å². The average Bonchev–Trinajstić information content (AvgIpc) is 3.33. The van der Waals surface area contributed by atoms with Gasteiger partial charge < -0.3 is 25.0 Å². The van der Waals surface area contributed by atoms with Crippen LogP contribution in [0.2, 0.25) is 0 Å². The van der Waals surface area contributed by atoms with Crippen molar-refractivity contribution < 1.29 is 9.47 Å². The minimum absolute atomic E-state index is 0.333. The minimum atomic E-state index is 0.333. The van der Waals surface area contributed by atoms with Crippen molar-refractivity contribution in [3.05, 3.63) is 66.9 Å². The van der Waals surface area contributed by atoms with Crippen LogP contribution in [0.5, 0.6) is 17.2 Å². The number of anilines is 3. The molecule has 10 heteroatoms. The Labute approximate surface area is 206 Å². The molecule has 7 rings (SSSR count). The summed E-state index contributed by atoms with van der Waals surface area (Å²) in [6.45, 7) is 5.50. The topological polar surface area (TPSA) is 102 Å². The first-order valence-corrected chi connectivity index (χ1v) is 11.9. The zero-order valence-corrected chi connectivity index (χ0v) is 19.7. The Bertz CT molecular complexity index is 1600. The summed E-state index contributed by atoms with van der Waals surface area (Å²) in [6, 6.07) is 14.2. The van der Waals surface area contributed by atoms with E-state index < -0.39 is 0 Å². The number of piperazine rings is 1. The van der Waals surface area contributed by atoms with Crippen molar-refractivity contribution in [2.45, 2.75) is 13.0 Å². The molecule has 0 unspecified atom stereocenters. The van der Waals surface area contributed by atoms with Gasteiger partial charge in [0.2, 0.25) is 0 Å². The van der Waals surface area contributed by atoms with Crippen LogP contribution in [0.25, 0.3) is 16.6 Å². The van der Waals surface area contributed by atoms with Crippen LogP contribution in [0.15, 0.2) is 61.3 Å². The van der Waals surface area contributed by atoms with Gasteiger partial charge in [-0.25, -0.2) is 19.5 Å². The second-order valence-corrected chi connectivity index (χ2v) is 9.10. The normalized spacial score (nSPS) is 16.9. The average molecular weight is 481 g/mol. The lowest BCUT2D eigenvalue weighted by atomic mass is 10.1. The Balaban J connectivity index is 1.18. The second kappa shape index (κ2) is 8.35. The van der Waals surface area contributed by atoms with Crippen molar-refractivity contribution in [1.82, 2.24) is 29.9 Å². The van der Waals surface area contributed by atoms with Crippen LogP contribution in [0, 0.1) is 6.92 Å². The molecule has 2 bridgehead atoms. The highest BCUT2D eigenvalue weighted by Gasteiger charge is 2.27. The first-order chi connectivity index (χ1) is 17.7. The molecular formula is C26H24N8O2. The maximum Gasteiger partial charge on any atom is 0.158 e. The van der Waals surface area contributed by atoms with Gasteiger partial charge in [0.05, 0.1) is 17.2 Å². The van der Waals surface area contributed by atoms with E-state index in [2.05, 4.69) is 41.7 Å². The quantitative estimate of drug-likeness (QED) is 0.399. The van der Waals surface area contributed by atoms with Crippen molar-refractivity contribution >= 4 is 33.7 Å².